The third-order valence-electron chi connectivity index (χ3n) is 4.41. The fourth-order valence-electron chi connectivity index (χ4n) is 2.77. The summed E-state index contributed by atoms with van der Waals surface area (Å²) in [5.41, 5.74) is 0.814. The minimum absolute atomic E-state index is 0.0178. The molecule has 0 radical (unpaired) electrons. The molecule has 0 heterocycles. The SMILES string of the molecule is COc1ccc(C(=O)Nc2ccc(NC(=O)c3cccc(S(C)(=O)=O)c3)c(Cl)c2)cc1F. The Morgan fingerprint density at radius 2 is 1.62 bits per heavy atom. The summed E-state index contributed by atoms with van der Waals surface area (Å²) < 4.78 is 42.0. The lowest BCUT2D eigenvalue weighted by atomic mass is 10.2. The number of hydrogen-bond acceptors (Lipinski definition) is 5. The Kier molecular flexibility index (Phi) is 6.81. The Morgan fingerprint density at radius 1 is 0.938 bits per heavy atom. The summed E-state index contributed by atoms with van der Waals surface area (Å²) in [5.74, 6) is -1.76. The number of rotatable bonds is 6. The van der Waals surface area contributed by atoms with Crippen LogP contribution in [0.3, 0.4) is 0 Å². The van der Waals surface area contributed by atoms with Crippen LogP contribution >= 0.6 is 11.6 Å². The van der Waals surface area contributed by atoms with Gasteiger partial charge in [-0.05, 0) is 54.6 Å². The molecule has 0 bridgehead atoms. The molecule has 0 saturated carbocycles. The molecule has 0 unspecified atom stereocenters. The monoisotopic (exact) mass is 476 g/mol. The van der Waals surface area contributed by atoms with E-state index in [-0.39, 0.29) is 32.5 Å². The zero-order valence-corrected chi connectivity index (χ0v) is 18.6. The average Bonchev–Trinajstić information content (AvgIpc) is 2.75. The van der Waals surface area contributed by atoms with Gasteiger partial charge in [0.1, 0.15) is 0 Å². The standard InChI is InChI=1S/C22H18ClFN2O5S/c1-31-20-9-6-14(11-18(20)24)21(27)25-15-7-8-19(17(23)12-15)26-22(28)13-4-3-5-16(10-13)32(2,29)30/h3-12H,1-2H3,(H,25,27)(H,26,28). The van der Waals surface area contributed by atoms with E-state index in [1.165, 1.54) is 61.7 Å². The van der Waals surface area contributed by atoms with Crippen molar-refractivity contribution in [3.8, 4) is 5.75 Å². The minimum Gasteiger partial charge on any atom is -0.494 e. The Bertz CT molecular complexity index is 1310. The molecule has 0 fully saturated rings. The van der Waals surface area contributed by atoms with Crippen LogP contribution in [0.15, 0.2) is 65.6 Å². The van der Waals surface area contributed by atoms with Crippen LogP contribution in [-0.2, 0) is 9.84 Å². The van der Waals surface area contributed by atoms with Crippen LogP contribution in [0.5, 0.6) is 5.75 Å². The first-order valence-corrected chi connectivity index (χ1v) is 11.4. The van der Waals surface area contributed by atoms with Crippen LogP contribution in [-0.4, -0.2) is 33.6 Å². The lowest BCUT2D eigenvalue weighted by Crippen LogP contribution is -2.14. The number of benzene rings is 3. The molecule has 10 heteroatoms. The summed E-state index contributed by atoms with van der Waals surface area (Å²) in [5, 5.41) is 5.32. The van der Waals surface area contributed by atoms with E-state index < -0.39 is 27.5 Å². The second-order valence-electron chi connectivity index (χ2n) is 6.75. The maximum Gasteiger partial charge on any atom is 0.255 e. The number of carbonyl (C=O) groups excluding carboxylic acids is 2. The van der Waals surface area contributed by atoms with E-state index in [9.17, 15) is 22.4 Å². The quantitative estimate of drug-likeness (QED) is 0.549. The number of sulfone groups is 1. The van der Waals surface area contributed by atoms with Gasteiger partial charge in [-0.15, -0.1) is 0 Å². The minimum atomic E-state index is -3.46. The zero-order valence-electron chi connectivity index (χ0n) is 17.0. The maximum atomic E-state index is 13.8. The van der Waals surface area contributed by atoms with Crippen LogP contribution < -0.4 is 15.4 Å². The predicted octanol–water partition coefficient (Wildman–Crippen LogP) is 4.40. The smallest absolute Gasteiger partial charge is 0.255 e. The number of ether oxygens (including phenoxy) is 1. The van der Waals surface area contributed by atoms with Crippen molar-refractivity contribution in [2.24, 2.45) is 0 Å². The van der Waals surface area contributed by atoms with Crippen LogP contribution in [0, 0.1) is 5.82 Å². The highest BCUT2D eigenvalue weighted by atomic mass is 35.5. The van der Waals surface area contributed by atoms with Gasteiger partial charge in [0.05, 0.1) is 22.7 Å². The molecule has 7 nitrogen and oxygen atoms in total. The Labute approximate surface area is 189 Å². The molecule has 166 valence electrons. The second-order valence-corrected chi connectivity index (χ2v) is 9.18. The topological polar surface area (TPSA) is 102 Å². The van der Waals surface area contributed by atoms with E-state index in [1.54, 1.807) is 0 Å². The van der Waals surface area contributed by atoms with Crippen molar-refractivity contribution in [2.75, 3.05) is 24.0 Å². The molecule has 0 spiro atoms. The summed E-state index contributed by atoms with van der Waals surface area (Å²) in [6.45, 7) is 0. The first-order chi connectivity index (χ1) is 15.1. The number of carbonyl (C=O) groups is 2. The van der Waals surface area contributed by atoms with Crippen molar-refractivity contribution in [1.29, 1.82) is 0 Å². The van der Waals surface area contributed by atoms with Gasteiger partial charge in [0.2, 0.25) is 0 Å². The van der Waals surface area contributed by atoms with E-state index in [2.05, 4.69) is 10.6 Å². The van der Waals surface area contributed by atoms with Gasteiger partial charge >= 0.3 is 0 Å². The largest absolute Gasteiger partial charge is 0.494 e. The fourth-order valence-corrected chi connectivity index (χ4v) is 3.66. The fraction of sp³-hybridized carbons (Fsp3) is 0.0909. The van der Waals surface area contributed by atoms with E-state index in [1.807, 2.05) is 0 Å². The summed E-state index contributed by atoms with van der Waals surface area (Å²) in [6, 6.07) is 13.8. The highest BCUT2D eigenvalue weighted by molar-refractivity contribution is 7.90. The van der Waals surface area contributed by atoms with Crippen molar-refractivity contribution >= 4 is 44.6 Å². The molecule has 0 aromatic heterocycles. The van der Waals surface area contributed by atoms with E-state index in [0.29, 0.717) is 5.69 Å². The number of nitrogens with one attached hydrogen (secondary N) is 2. The molecule has 3 rings (SSSR count). The Hall–Kier alpha value is -3.43. The number of amides is 2. The molecule has 0 atom stereocenters. The molecule has 0 aliphatic rings. The predicted molar refractivity (Wildman–Crippen MR) is 120 cm³/mol. The number of methoxy groups -OCH3 is 1. The van der Waals surface area contributed by atoms with Crippen molar-refractivity contribution in [1.82, 2.24) is 0 Å². The number of halogens is 2. The van der Waals surface area contributed by atoms with Gasteiger partial charge in [-0.3, -0.25) is 9.59 Å². The third kappa shape index (κ3) is 5.43. The Morgan fingerprint density at radius 3 is 2.25 bits per heavy atom. The highest BCUT2D eigenvalue weighted by Crippen LogP contribution is 2.27. The molecule has 3 aromatic rings. The van der Waals surface area contributed by atoms with Crippen LogP contribution in [0.4, 0.5) is 15.8 Å². The molecule has 3 aromatic carbocycles. The van der Waals surface area contributed by atoms with Gasteiger partial charge < -0.3 is 15.4 Å². The Balaban J connectivity index is 1.73. The van der Waals surface area contributed by atoms with Crippen LogP contribution in [0.1, 0.15) is 20.7 Å². The number of hydrogen-bond donors (Lipinski definition) is 2. The first-order valence-electron chi connectivity index (χ1n) is 9.14. The van der Waals surface area contributed by atoms with Crippen LogP contribution in [0.25, 0.3) is 0 Å². The van der Waals surface area contributed by atoms with Gasteiger partial charge in [-0.1, -0.05) is 17.7 Å². The molecule has 32 heavy (non-hydrogen) atoms. The van der Waals surface area contributed by atoms with Crippen molar-refractivity contribution in [3.63, 3.8) is 0 Å². The second kappa shape index (κ2) is 9.37. The summed E-state index contributed by atoms with van der Waals surface area (Å²) in [6.07, 6.45) is 1.05. The molecular formula is C22H18ClFN2O5S. The van der Waals surface area contributed by atoms with Gasteiger partial charge in [0.15, 0.2) is 21.4 Å². The summed E-state index contributed by atoms with van der Waals surface area (Å²) in [4.78, 5) is 24.9. The molecular weight excluding hydrogens is 459 g/mol. The lowest BCUT2D eigenvalue weighted by Gasteiger charge is -2.11. The van der Waals surface area contributed by atoms with Crippen molar-refractivity contribution in [2.45, 2.75) is 4.90 Å². The van der Waals surface area contributed by atoms with Crippen molar-refractivity contribution < 1.29 is 27.1 Å². The molecule has 0 aliphatic heterocycles. The highest BCUT2D eigenvalue weighted by Gasteiger charge is 2.14. The third-order valence-corrected chi connectivity index (χ3v) is 5.84. The zero-order chi connectivity index (χ0) is 23.5. The maximum absolute atomic E-state index is 13.8. The van der Waals surface area contributed by atoms with E-state index >= 15 is 0 Å². The van der Waals surface area contributed by atoms with E-state index in [4.69, 9.17) is 16.3 Å². The van der Waals surface area contributed by atoms with Crippen LogP contribution in [0.2, 0.25) is 5.02 Å². The summed E-state index contributed by atoms with van der Waals surface area (Å²) >= 11 is 6.22. The lowest BCUT2D eigenvalue weighted by molar-refractivity contribution is 0.101. The average molecular weight is 477 g/mol. The van der Waals surface area contributed by atoms with Gasteiger partial charge in [0.25, 0.3) is 11.8 Å². The molecule has 2 amide bonds. The number of anilines is 2. The summed E-state index contributed by atoms with van der Waals surface area (Å²) in [7, 11) is -2.14. The van der Waals surface area contributed by atoms with Crippen molar-refractivity contribution in [3.05, 3.63) is 82.6 Å². The molecule has 2 N–H and O–H groups in total. The molecule has 0 saturated heterocycles. The molecule has 0 aliphatic carbocycles. The van der Waals surface area contributed by atoms with Gasteiger partial charge in [0, 0.05) is 23.1 Å². The van der Waals surface area contributed by atoms with E-state index in [0.717, 1.165) is 12.3 Å². The van der Waals surface area contributed by atoms with Gasteiger partial charge in [-0.25, -0.2) is 12.8 Å². The van der Waals surface area contributed by atoms with Gasteiger partial charge in [-0.2, -0.15) is 0 Å². The first kappa shape index (κ1) is 23.2. The normalized spacial score (nSPS) is 11.0.